The Bertz CT molecular complexity index is 1240. The summed E-state index contributed by atoms with van der Waals surface area (Å²) >= 11 is 5.98. The second kappa shape index (κ2) is 6.66. The van der Waals surface area contributed by atoms with Crippen LogP contribution in [-0.2, 0) is 5.41 Å². The lowest BCUT2D eigenvalue weighted by Crippen LogP contribution is -2.39. The van der Waals surface area contributed by atoms with Crippen LogP contribution in [0.25, 0.3) is 6.08 Å². The summed E-state index contributed by atoms with van der Waals surface area (Å²) in [5.41, 5.74) is 1.39. The van der Waals surface area contributed by atoms with Crippen LogP contribution in [-0.4, -0.2) is 23.8 Å². The molecule has 1 N–H and O–H groups in total. The first-order valence-electron chi connectivity index (χ1n) is 9.51. The van der Waals surface area contributed by atoms with Crippen LogP contribution in [0, 0.1) is 0 Å². The Morgan fingerprint density at radius 3 is 2.50 bits per heavy atom. The average molecular weight is 417 g/mol. The summed E-state index contributed by atoms with van der Waals surface area (Å²) in [5.74, 6) is -0.0501. The zero-order valence-corrected chi connectivity index (χ0v) is 16.8. The third kappa shape index (κ3) is 2.38. The normalized spacial score (nSPS) is 21.4. The summed E-state index contributed by atoms with van der Waals surface area (Å²) in [6, 6.07) is 18.8. The predicted molar refractivity (Wildman–Crippen MR) is 114 cm³/mol. The number of ketones is 2. The Labute approximate surface area is 178 Å². The van der Waals surface area contributed by atoms with E-state index < -0.39 is 11.5 Å². The molecule has 0 bridgehead atoms. The number of aliphatic hydroxyl groups is 1. The fourth-order valence-corrected chi connectivity index (χ4v) is 4.72. The van der Waals surface area contributed by atoms with Crippen molar-refractivity contribution in [1.82, 2.24) is 0 Å². The van der Waals surface area contributed by atoms with Crippen molar-refractivity contribution in [2.24, 2.45) is 0 Å². The monoisotopic (exact) mass is 416 g/mol. The smallest absolute Gasteiger partial charge is 0.190 e. The van der Waals surface area contributed by atoms with Gasteiger partial charge in [-0.2, -0.15) is 0 Å². The molecule has 1 spiro atoms. The Hall–Kier alpha value is -3.21. The van der Waals surface area contributed by atoms with Crippen LogP contribution in [0.3, 0.4) is 0 Å². The van der Waals surface area contributed by atoms with Crippen LogP contribution < -0.4 is 4.74 Å². The second-order valence-corrected chi connectivity index (χ2v) is 7.91. The molecule has 0 radical (unpaired) electrons. The van der Waals surface area contributed by atoms with Gasteiger partial charge in [0, 0.05) is 21.7 Å². The van der Waals surface area contributed by atoms with Gasteiger partial charge in [-0.1, -0.05) is 41.9 Å². The summed E-state index contributed by atoms with van der Waals surface area (Å²) in [4.78, 5) is 27.4. The molecule has 0 aromatic heterocycles. The summed E-state index contributed by atoms with van der Waals surface area (Å²) in [7, 11) is 1.54. The summed E-state index contributed by atoms with van der Waals surface area (Å²) in [6.45, 7) is 0. The molecule has 5 heteroatoms. The van der Waals surface area contributed by atoms with E-state index in [1.807, 2.05) is 0 Å². The van der Waals surface area contributed by atoms with E-state index in [-0.39, 0.29) is 17.1 Å². The summed E-state index contributed by atoms with van der Waals surface area (Å²) in [6.07, 6.45) is 0.524. The standard InChI is InChI=1S/C25H17ClO4/c1-30-17-11-8-15-12-21(22(27)14-6-9-16(26)10-7-14)25(20(15)13-17)23(28)18-4-2-3-5-19(18)24(25)29/h2-13,23,28H,1H3. The van der Waals surface area contributed by atoms with Crippen molar-refractivity contribution in [1.29, 1.82) is 0 Å². The van der Waals surface area contributed by atoms with Crippen LogP contribution in [0.1, 0.15) is 43.5 Å². The first-order chi connectivity index (χ1) is 14.5. The van der Waals surface area contributed by atoms with Crippen molar-refractivity contribution >= 4 is 29.2 Å². The van der Waals surface area contributed by atoms with Crippen molar-refractivity contribution in [3.05, 3.63) is 105 Å². The number of fused-ring (bicyclic) bond motifs is 3. The number of methoxy groups -OCH3 is 1. The minimum absolute atomic E-state index is 0.252. The highest BCUT2D eigenvalue weighted by molar-refractivity contribution is 6.31. The molecule has 2 atom stereocenters. The minimum atomic E-state index is -1.51. The fourth-order valence-electron chi connectivity index (χ4n) is 4.60. The third-order valence-electron chi connectivity index (χ3n) is 6.03. The molecule has 3 aromatic carbocycles. The van der Waals surface area contributed by atoms with Gasteiger partial charge in [-0.15, -0.1) is 0 Å². The van der Waals surface area contributed by atoms with Gasteiger partial charge in [0.1, 0.15) is 17.3 Å². The van der Waals surface area contributed by atoms with Crippen LogP contribution in [0.5, 0.6) is 5.75 Å². The molecule has 0 aliphatic heterocycles. The molecule has 2 aliphatic carbocycles. The maximum absolute atomic E-state index is 13.8. The number of Topliss-reactive ketones (excluding diaryl/α,β-unsaturated/α-hetero) is 2. The van der Waals surface area contributed by atoms with Gasteiger partial charge < -0.3 is 9.84 Å². The van der Waals surface area contributed by atoms with E-state index in [0.29, 0.717) is 38.6 Å². The molecule has 2 aliphatic rings. The number of hydrogen-bond donors (Lipinski definition) is 1. The van der Waals surface area contributed by atoms with Gasteiger partial charge in [0.25, 0.3) is 0 Å². The van der Waals surface area contributed by atoms with Gasteiger partial charge in [-0.05, 0) is 59.2 Å². The number of carbonyl (C=O) groups excluding carboxylic acids is 2. The molecule has 0 fully saturated rings. The van der Waals surface area contributed by atoms with Crippen molar-refractivity contribution in [2.75, 3.05) is 7.11 Å². The first-order valence-corrected chi connectivity index (χ1v) is 9.89. The lowest BCUT2D eigenvalue weighted by Gasteiger charge is -2.31. The van der Waals surface area contributed by atoms with E-state index in [4.69, 9.17) is 16.3 Å². The SMILES string of the molecule is COc1ccc2c(c1)C1(C(=O)c3ccccc3C1O)C(C(=O)c1ccc(Cl)cc1)=C2. The van der Waals surface area contributed by atoms with E-state index in [9.17, 15) is 14.7 Å². The van der Waals surface area contributed by atoms with E-state index in [0.717, 1.165) is 0 Å². The summed E-state index contributed by atoms with van der Waals surface area (Å²) < 4.78 is 5.37. The maximum atomic E-state index is 13.8. The molecule has 0 heterocycles. The Morgan fingerprint density at radius 2 is 1.80 bits per heavy atom. The average Bonchev–Trinajstić information content (AvgIpc) is 3.23. The largest absolute Gasteiger partial charge is 0.497 e. The van der Waals surface area contributed by atoms with Crippen LogP contribution >= 0.6 is 11.6 Å². The van der Waals surface area contributed by atoms with Crippen molar-refractivity contribution in [3.8, 4) is 5.75 Å². The minimum Gasteiger partial charge on any atom is -0.497 e. The molecule has 0 saturated carbocycles. The van der Waals surface area contributed by atoms with E-state index in [2.05, 4.69) is 0 Å². The number of aliphatic hydroxyl groups excluding tert-OH is 1. The molecule has 30 heavy (non-hydrogen) atoms. The van der Waals surface area contributed by atoms with E-state index >= 15 is 0 Å². The number of ether oxygens (including phenoxy) is 1. The van der Waals surface area contributed by atoms with Gasteiger partial charge in [0.05, 0.1) is 7.11 Å². The Balaban J connectivity index is 1.76. The number of rotatable bonds is 3. The van der Waals surface area contributed by atoms with Gasteiger partial charge >= 0.3 is 0 Å². The zero-order chi connectivity index (χ0) is 21.0. The number of carbonyl (C=O) groups is 2. The quantitative estimate of drug-likeness (QED) is 0.623. The van der Waals surface area contributed by atoms with Crippen molar-refractivity contribution in [3.63, 3.8) is 0 Å². The number of benzene rings is 3. The lowest BCUT2D eigenvalue weighted by atomic mass is 9.70. The van der Waals surface area contributed by atoms with E-state index in [1.54, 1.807) is 72.8 Å². The molecular formula is C25H17ClO4. The summed E-state index contributed by atoms with van der Waals surface area (Å²) in [5, 5.41) is 12.0. The van der Waals surface area contributed by atoms with E-state index in [1.165, 1.54) is 7.11 Å². The topological polar surface area (TPSA) is 63.6 Å². The molecule has 148 valence electrons. The van der Waals surface area contributed by atoms with Crippen LogP contribution in [0.4, 0.5) is 0 Å². The molecule has 0 saturated heterocycles. The Morgan fingerprint density at radius 1 is 1.07 bits per heavy atom. The maximum Gasteiger partial charge on any atom is 0.190 e. The highest BCUT2D eigenvalue weighted by Gasteiger charge is 2.60. The molecule has 4 nitrogen and oxygen atoms in total. The molecule has 3 aromatic rings. The fraction of sp³-hybridized carbons (Fsp3) is 0.120. The highest BCUT2D eigenvalue weighted by Crippen LogP contribution is 2.57. The predicted octanol–water partition coefficient (Wildman–Crippen LogP) is 4.80. The van der Waals surface area contributed by atoms with Gasteiger partial charge in [-0.25, -0.2) is 0 Å². The first kappa shape index (κ1) is 18.8. The van der Waals surface area contributed by atoms with Gasteiger partial charge in [-0.3, -0.25) is 9.59 Å². The lowest BCUT2D eigenvalue weighted by molar-refractivity contribution is 0.0698. The van der Waals surface area contributed by atoms with Gasteiger partial charge in [0.2, 0.25) is 0 Å². The zero-order valence-electron chi connectivity index (χ0n) is 16.1. The van der Waals surface area contributed by atoms with Crippen molar-refractivity contribution in [2.45, 2.75) is 11.5 Å². The third-order valence-corrected chi connectivity index (χ3v) is 6.28. The van der Waals surface area contributed by atoms with Crippen molar-refractivity contribution < 1.29 is 19.4 Å². The van der Waals surface area contributed by atoms with Gasteiger partial charge in [0.15, 0.2) is 11.6 Å². The Kier molecular flexibility index (Phi) is 4.17. The highest BCUT2D eigenvalue weighted by atomic mass is 35.5. The molecule has 0 amide bonds. The van der Waals surface area contributed by atoms with Crippen LogP contribution in [0.15, 0.2) is 72.3 Å². The molecule has 5 rings (SSSR count). The molecule has 2 unspecified atom stereocenters. The van der Waals surface area contributed by atoms with Crippen LogP contribution in [0.2, 0.25) is 5.02 Å². The second-order valence-electron chi connectivity index (χ2n) is 7.47. The number of hydrogen-bond acceptors (Lipinski definition) is 4. The molecular weight excluding hydrogens is 400 g/mol. The number of halogens is 1.